The van der Waals surface area contributed by atoms with E-state index >= 15 is 0 Å². The van der Waals surface area contributed by atoms with E-state index in [0.29, 0.717) is 11.1 Å². The Bertz CT molecular complexity index is 3070. The first-order chi connectivity index (χ1) is 37.6. The van der Waals surface area contributed by atoms with Crippen LogP contribution in [-0.2, 0) is 64.5 Å². The molecule has 4 amide bonds. The number of hydrogen-bond acceptors (Lipinski definition) is 10. The molecule has 0 aromatic heterocycles. The molecule has 8 atom stereocenters. The van der Waals surface area contributed by atoms with Crippen molar-refractivity contribution in [2.45, 2.75) is 141 Å². The minimum atomic E-state index is -3.85. The largest absolute Gasteiger partial charge is 0.388 e. The first-order valence-corrected chi connectivity index (χ1v) is 30.9. The topological polar surface area (TPSA) is 225 Å². The summed E-state index contributed by atoms with van der Waals surface area (Å²) in [5.74, 6) is -6.92. The highest BCUT2D eigenvalue weighted by atomic mass is 32.2. The fourth-order valence-corrected chi connectivity index (χ4v) is 12.4. The van der Waals surface area contributed by atoms with E-state index in [1.165, 1.54) is 0 Å². The molecule has 6 aromatic rings. The van der Waals surface area contributed by atoms with Crippen LogP contribution < -0.4 is 21.3 Å². The Morgan fingerprint density at radius 2 is 0.725 bits per heavy atom. The normalized spacial score (nSPS) is 15.5. The molecule has 0 aliphatic rings. The highest BCUT2D eigenvalue weighted by molar-refractivity contribution is 7.93. The third-order valence-electron chi connectivity index (χ3n) is 15.1. The second-order valence-corrected chi connectivity index (χ2v) is 29.5. The SMILES string of the molecule is CC(C)[C@H](NC(=O)[C@H](Cc1cccc2ccccc12)CS(=O)(=O)C(C)(C)C)C(=O)N[C@@H](Cc1ccccc1)[C@H](O)[C@@H](O)[C@H](Cc1ccccc1)NC(=O)[C@@H](NC(=O)[C@@H](Cc1cccc2ccccc12)CS(=O)(=O)C(C)(C)C)C(C)C. The van der Waals surface area contributed by atoms with Gasteiger partial charge in [-0.25, -0.2) is 16.8 Å². The number of carbonyl (C=O) groups is 4. The number of aliphatic hydroxyl groups is 2. The van der Waals surface area contributed by atoms with Gasteiger partial charge in [0.2, 0.25) is 23.6 Å². The molecule has 0 saturated carbocycles. The summed E-state index contributed by atoms with van der Waals surface area (Å²) in [5, 5.41) is 40.1. The number of amides is 4. The second-order valence-electron chi connectivity index (χ2n) is 23.9. The third-order valence-corrected chi connectivity index (χ3v) is 20.5. The second kappa shape index (κ2) is 26.9. The average molecular weight is 1130 g/mol. The minimum Gasteiger partial charge on any atom is -0.388 e. The molecule has 0 saturated heterocycles. The minimum absolute atomic E-state index is 0.00332. The number of nitrogens with one attached hydrogen (secondary N) is 4. The van der Waals surface area contributed by atoms with Crippen molar-refractivity contribution < 1.29 is 46.2 Å². The lowest BCUT2D eigenvalue weighted by Gasteiger charge is -2.35. The first-order valence-electron chi connectivity index (χ1n) is 27.6. The van der Waals surface area contributed by atoms with Crippen LogP contribution in [0.4, 0.5) is 0 Å². The smallest absolute Gasteiger partial charge is 0.243 e. The standard InChI is InChI=1S/C64H82N4O10S2/c1-41(2)55(67-59(71)49(39-79(75,76)63(5,6)7)37-47-31-21-29-45-27-17-19-33-51(45)47)61(73)65-53(35-43-23-13-11-14-24-43)57(69)58(70)54(36-44-25-15-12-16-26-44)66-62(74)56(42(3)4)68-60(72)50(40-80(77,78)64(8,9)10)38-48-32-22-30-46-28-18-20-34-52(46)48/h11-34,41-42,49-50,53-58,69-70H,35-40H2,1-10H3,(H,65,73)(H,66,74)(H,67,71)(H,68,72)/t49-,50+,53-,54-,55-,56-,57-,58-/m0/s1. The van der Waals surface area contributed by atoms with Crippen LogP contribution in [0.5, 0.6) is 0 Å². The fraction of sp³-hybridized carbons (Fsp3) is 0.438. The summed E-state index contributed by atoms with van der Waals surface area (Å²) in [6.45, 7) is 16.4. The van der Waals surface area contributed by atoms with Gasteiger partial charge in [-0.1, -0.05) is 173 Å². The van der Waals surface area contributed by atoms with Crippen molar-refractivity contribution >= 4 is 64.8 Å². The highest BCUT2D eigenvalue weighted by Gasteiger charge is 2.41. The summed E-state index contributed by atoms with van der Waals surface area (Å²) in [5.41, 5.74) is 2.92. The monoisotopic (exact) mass is 1130 g/mol. The van der Waals surface area contributed by atoms with E-state index in [-0.39, 0.29) is 25.7 Å². The molecule has 0 fully saturated rings. The van der Waals surface area contributed by atoms with E-state index < -0.39 is 124 Å². The molecule has 16 heteroatoms. The van der Waals surface area contributed by atoms with Gasteiger partial charge in [0.15, 0.2) is 19.7 Å². The molecule has 6 N–H and O–H groups in total. The van der Waals surface area contributed by atoms with E-state index in [1.54, 1.807) is 118 Å². The predicted molar refractivity (Wildman–Crippen MR) is 319 cm³/mol. The number of carbonyl (C=O) groups excluding carboxylic acids is 4. The quantitative estimate of drug-likeness (QED) is 0.0325. The van der Waals surface area contributed by atoms with Crippen molar-refractivity contribution in [1.29, 1.82) is 0 Å². The first kappa shape index (κ1) is 62.7. The van der Waals surface area contributed by atoms with Gasteiger partial charge in [0.05, 0.1) is 44.9 Å². The summed E-state index contributed by atoms with van der Waals surface area (Å²) in [6, 6.07) is 39.7. The van der Waals surface area contributed by atoms with Crippen LogP contribution >= 0.6 is 0 Å². The summed E-state index contributed by atoms with van der Waals surface area (Å²) in [7, 11) is -7.70. The van der Waals surface area contributed by atoms with Crippen molar-refractivity contribution in [3.8, 4) is 0 Å². The number of aliphatic hydroxyl groups excluding tert-OH is 2. The third kappa shape index (κ3) is 16.4. The lowest BCUT2D eigenvalue weighted by Crippen LogP contribution is -2.62. The van der Waals surface area contributed by atoms with Gasteiger partial charge in [-0.05, 0) is 123 Å². The molecule has 0 spiro atoms. The van der Waals surface area contributed by atoms with E-state index in [9.17, 15) is 46.2 Å². The molecule has 80 heavy (non-hydrogen) atoms. The Hall–Kier alpha value is -6.46. The molecule has 0 aliphatic heterocycles. The van der Waals surface area contributed by atoms with Crippen molar-refractivity contribution in [3.05, 3.63) is 168 Å². The Kier molecular flexibility index (Phi) is 21.1. The van der Waals surface area contributed by atoms with Crippen LogP contribution in [-0.4, -0.2) is 108 Å². The van der Waals surface area contributed by atoms with Crippen LogP contribution in [0.15, 0.2) is 146 Å². The zero-order valence-electron chi connectivity index (χ0n) is 47.8. The van der Waals surface area contributed by atoms with Gasteiger partial charge in [-0.15, -0.1) is 0 Å². The van der Waals surface area contributed by atoms with E-state index in [4.69, 9.17) is 0 Å². The van der Waals surface area contributed by atoms with Gasteiger partial charge in [-0.3, -0.25) is 19.2 Å². The predicted octanol–water partition coefficient (Wildman–Crippen LogP) is 7.90. The lowest BCUT2D eigenvalue weighted by molar-refractivity contribution is -0.134. The highest BCUT2D eigenvalue weighted by Crippen LogP contribution is 2.28. The number of sulfone groups is 2. The van der Waals surface area contributed by atoms with Crippen LogP contribution in [0, 0.1) is 23.7 Å². The maximum Gasteiger partial charge on any atom is 0.243 e. The van der Waals surface area contributed by atoms with Crippen molar-refractivity contribution in [1.82, 2.24) is 21.3 Å². The van der Waals surface area contributed by atoms with Crippen molar-refractivity contribution in [2.75, 3.05) is 11.5 Å². The Labute approximate surface area is 473 Å². The van der Waals surface area contributed by atoms with E-state index in [1.807, 2.05) is 97.1 Å². The molecule has 6 rings (SSSR count). The Balaban J connectivity index is 1.29. The summed E-state index contributed by atoms with van der Waals surface area (Å²) in [6.07, 6.45) is -3.37. The van der Waals surface area contributed by atoms with E-state index in [2.05, 4.69) is 21.3 Å². The Morgan fingerprint density at radius 1 is 0.412 bits per heavy atom. The molecule has 6 aromatic carbocycles. The van der Waals surface area contributed by atoms with Gasteiger partial charge in [0, 0.05) is 0 Å². The zero-order chi connectivity index (χ0) is 58.7. The summed E-state index contributed by atoms with van der Waals surface area (Å²) in [4.78, 5) is 58.7. The van der Waals surface area contributed by atoms with Crippen molar-refractivity contribution in [3.63, 3.8) is 0 Å². The summed E-state index contributed by atoms with van der Waals surface area (Å²) < 4.78 is 52.9. The molecule has 0 unspecified atom stereocenters. The molecular formula is C64H82N4O10S2. The van der Waals surface area contributed by atoms with Gasteiger partial charge < -0.3 is 31.5 Å². The van der Waals surface area contributed by atoms with Crippen LogP contribution in [0.1, 0.15) is 91.5 Å². The molecule has 0 aliphatic carbocycles. The van der Waals surface area contributed by atoms with Crippen molar-refractivity contribution in [2.24, 2.45) is 23.7 Å². The van der Waals surface area contributed by atoms with Gasteiger partial charge in [0.1, 0.15) is 24.3 Å². The van der Waals surface area contributed by atoms with Crippen LogP contribution in [0.2, 0.25) is 0 Å². The fourth-order valence-electron chi connectivity index (χ4n) is 9.84. The van der Waals surface area contributed by atoms with Crippen LogP contribution in [0.25, 0.3) is 21.5 Å². The summed E-state index contributed by atoms with van der Waals surface area (Å²) >= 11 is 0. The van der Waals surface area contributed by atoms with Gasteiger partial charge in [-0.2, -0.15) is 0 Å². The van der Waals surface area contributed by atoms with Crippen LogP contribution in [0.3, 0.4) is 0 Å². The number of benzene rings is 6. The zero-order valence-corrected chi connectivity index (χ0v) is 49.5. The average Bonchev–Trinajstić information content (AvgIpc) is 3.40. The molecule has 0 radical (unpaired) electrons. The number of rotatable bonds is 25. The molecule has 0 heterocycles. The van der Waals surface area contributed by atoms with E-state index in [0.717, 1.165) is 32.7 Å². The molecule has 430 valence electrons. The lowest BCUT2D eigenvalue weighted by atomic mass is 9.90. The molecule has 0 bridgehead atoms. The maximum absolute atomic E-state index is 14.7. The number of hydrogen-bond donors (Lipinski definition) is 6. The number of fused-ring (bicyclic) bond motifs is 2. The van der Waals surface area contributed by atoms with Gasteiger partial charge in [0.25, 0.3) is 0 Å². The molecular weight excluding hydrogens is 1050 g/mol. The maximum atomic E-state index is 14.7. The molecule has 14 nitrogen and oxygen atoms in total. The van der Waals surface area contributed by atoms with Gasteiger partial charge >= 0.3 is 0 Å². The Morgan fingerprint density at radius 3 is 1.05 bits per heavy atom.